The number of phenols is 2. The van der Waals surface area contributed by atoms with Crippen molar-refractivity contribution in [1.82, 2.24) is 0 Å². The molecule has 1 heterocycles. The SMILES string of the molecule is O=C(O)c1ccc(N2C(=O)[C@H]3[C@H](CC=C4[C@H]3C[C@H]3C(=O)C(c5ccccc5)=CC(=O)[C@@]3(c3ccccc3)[C@H]4c3ccc(O)c(F)c3)C2=O)cc1O. The number of carbonyl (C=O) groups is 5. The van der Waals surface area contributed by atoms with Crippen LogP contribution in [0.5, 0.6) is 11.5 Å². The molecule has 4 aliphatic rings. The standard InChI is InChI=1S/C41H30FNO8/c42-31-17-22(11-16-32(31)44)36-25-14-15-27-35(39(49)43(38(27)48)24-12-13-26(40(50)51)33(45)18-24)29(25)19-30-37(47)28(21-7-3-1-4-8-21)20-34(46)41(30,36)23-9-5-2-6-10-23/h1-14,16-18,20,27,29-30,35-36,44-45H,15,19H2,(H,50,51)/t27-,29+,30-,35-,36-,41-/m0/s1. The van der Waals surface area contributed by atoms with Gasteiger partial charge in [-0.05, 0) is 65.8 Å². The lowest BCUT2D eigenvalue weighted by atomic mass is 9.44. The number of ketones is 2. The number of aromatic hydroxyl groups is 2. The number of imide groups is 1. The van der Waals surface area contributed by atoms with Gasteiger partial charge in [0.2, 0.25) is 11.8 Å². The van der Waals surface area contributed by atoms with Crippen molar-refractivity contribution in [1.29, 1.82) is 0 Å². The molecule has 0 aromatic heterocycles. The predicted octanol–water partition coefficient (Wildman–Crippen LogP) is 5.96. The molecule has 6 atom stereocenters. The molecule has 3 aliphatic carbocycles. The Kier molecular flexibility index (Phi) is 7.37. The molecule has 2 fully saturated rings. The summed E-state index contributed by atoms with van der Waals surface area (Å²) in [7, 11) is 0. The fourth-order valence-electron chi connectivity index (χ4n) is 9.05. The first-order valence-electron chi connectivity index (χ1n) is 16.6. The van der Waals surface area contributed by atoms with Gasteiger partial charge >= 0.3 is 5.97 Å². The lowest BCUT2D eigenvalue weighted by Crippen LogP contribution is -2.58. The van der Waals surface area contributed by atoms with E-state index in [4.69, 9.17) is 0 Å². The van der Waals surface area contributed by atoms with Crippen LogP contribution in [0.4, 0.5) is 10.1 Å². The number of allylic oxidation sites excluding steroid dienone is 4. The molecular formula is C41H30FNO8. The zero-order valence-corrected chi connectivity index (χ0v) is 26.9. The smallest absolute Gasteiger partial charge is 0.339 e. The van der Waals surface area contributed by atoms with Gasteiger partial charge in [-0.25, -0.2) is 14.1 Å². The molecule has 51 heavy (non-hydrogen) atoms. The summed E-state index contributed by atoms with van der Waals surface area (Å²) in [6.45, 7) is 0. The topological polar surface area (TPSA) is 149 Å². The van der Waals surface area contributed by atoms with E-state index in [1.807, 2.05) is 6.08 Å². The van der Waals surface area contributed by atoms with Gasteiger partial charge in [0.1, 0.15) is 11.3 Å². The van der Waals surface area contributed by atoms with Gasteiger partial charge in [-0.1, -0.05) is 78.4 Å². The lowest BCUT2D eigenvalue weighted by molar-refractivity contribution is -0.135. The summed E-state index contributed by atoms with van der Waals surface area (Å²) in [5, 5.41) is 30.0. The molecule has 0 unspecified atom stereocenters. The maximum atomic E-state index is 15.2. The van der Waals surface area contributed by atoms with Crippen LogP contribution >= 0.6 is 0 Å². The Bertz CT molecular complexity index is 2250. The summed E-state index contributed by atoms with van der Waals surface area (Å²) in [4.78, 5) is 70.8. The highest BCUT2D eigenvalue weighted by Gasteiger charge is 2.66. The van der Waals surface area contributed by atoms with Crippen LogP contribution in [0, 0.1) is 29.5 Å². The summed E-state index contributed by atoms with van der Waals surface area (Å²) in [6, 6.07) is 25.0. The van der Waals surface area contributed by atoms with E-state index >= 15 is 4.39 Å². The van der Waals surface area contributed by atoms with E-state index < -0.39 is 75.7 Å². The summed E-state index contributed by atoms with van der Waals surface area (Å²) in [6.07, 6.45) is 3.34. The van der Waals surface area contributed by atoms with Gasteiger partial charge in [-0.2, -0.15) is 0 Å². The third kappa shape index (κ3) is 4.62. The van der Waals surface area contributed by atoms with E-state index in [0.717, 1.165) is 23.1 Å². The highest BCUT2D eigenvalue weighted by atomic mass is 19.1. The number of hydrogen-bond donors (Lipinski definition) is 3. The first kappa shape index (κ1) is 32.1. The molecule has 4 aromatic rings. The first-order chi connectivity index (χ1) is 24.5. The maximum absolute atomic E-state index is 15.2. The minimum atomic E-state index is -1.56. The zero-order chi connectivity index (χ0) is 35.8. The van der Waals surface area contributed by atoms with Crippen molar-refractivity contribution in [2.75, 3.05) is 4.90 Å². The van der Waals surface area contributed by atoms with Crippen molar-refractivity contribution in [2.45, 2.75) is 24.2 Å². The normalized spacial score (nSPS) is 26.9. The van der Waals surface area contributed by atoms with E-state index in [1.54, 1.807) is 60.7 Å². The maximum Gasteiger partial charge on any atom is 0.339 e. The van der Waals surface area contributed by atoms with Crippen molar-refractivity contribution >= 4 is 40.6 Å². The van der Waals surface area contributed by atoms with Gasteiger partial charge in [-0.3, -0.25) is 19.2 Å². The largest absolute Gasteiger partial charge is 0.507 e. The first-order valence-corrected chi connectivity index (χ1v) is 16.6. The fraction of sp³-hybridized carbons (Fsp3) is 0.195. The van der Waals surface area contributed by atoms with Crippen LogP contribution in [0.25, 0.3) is 5.57 Å². The predicted molar refractivity (Wildman–Crippen MR) is 182 cm³/mol. The molecule has 0 spiro atoms. The molecule has 10 heteroatoms. The van der Waals surface area contributed by atoms with Crippen LogP contribution in [0.15, 0.2) is 115 Å². The molecule has 1 saturated carbocycles. The van der Waals surface area contributed by atoms with E-state index in [1.165, 1.54) is 24.3 Å². The number of nitrogens with zero attached hydrogens (tertiary/aromatic N) is 1. The van der Waals surface area contributed by atoms with E-state index in [9.17, 15) is 39.3 Å². The fourth-order valence-corrected chi connectivity index (χ4v) is 9.05. The molecule has 9 nitrogen and oxygen atoms in total. The number of halogens is 1. The molecule has 4 aromatic carbocycles. The van der Waals surface area contributed by atoms with Gasteiger partial charge < -0.3 is 15.3 Å². The Morgan fingerprint density at radius 2 is 1.51 bits per heavy atom. The number of hydrogen-bond acceptors (Lipinski definition) is 7. The third-order valence-corrected chi connectivity index (χ3v) is 11.2. The monoisotopic (exact) mass is 683 g/mol. The minimum absolute atomic E-state index is 0.00765. The van der Waals surface area contributed by atoms with Crippen molar-refractivity contribution < 1.29 is 43.7 Å². The van der Waals surface area contributed by atoms with Crippen molar-refractivity contribution in [3.63, 3.8) is 0 Å². The Balaban J connectivity index is 1.33. The second-order valence-corrected chi connectivity index (χ2v) is 13.5. The number of anilines is 1. The average Bonchev–Trinajstić information content (AvgIpc) is 3.39. The second kappa shape index (κ2) is 11.7. The zero-order valence-electron chi connectivity index (χ0n) is 26.9. The number of Topliss-reactive ketones (excluding diaryl/α,β-unsaturated/α-hetero) is 1. The van der Waals surface area contributed by atoms with Gasteiger partial charge in [0.25, 0.3) is 0 Å². The van der Waals surface area contributed by atoms with E-state index in [0.29, 0.717) is 22.3 Å². The van der Waals surface area contributed by atoms with Gasteiger partial charge in [-0.15, -0.1) is 0 Å². The summed E-state index contributed by atoms with van der Waals surface area (Å²) in [5.74, 6) is -9.82. The number of fused-ring (bicyclic) bond motifs is 4. The average molecular weight is 684 g/mol. The lowest BCUT2D eigenvalue weighted by Gasteiger charge is -2.55. The molecule has 2 amide bonds. The highest BCUT2D eigenvalue weighted by molar-refractivity contribution is 6.32. The number of rotatable bonds is 5. The quantitative estimate of drug-likeness (QED) is 0.172. The van der Waals surface area contributed by atoms with Crippen LogP contribution in [0.1, 0.15) is 45.8 Å². The number of benzene rings is 4. The highest BCUT2D eigenvalue weighted by Crippen LogP contribution is 2.64. The van der Waals surface area contributed by atoms with Crippen molar-refractivity contribution in [3.05, 3.63) is 143 Å². The second-order valence-electron chi connectivity index (χ2n) is 13.5. The Hall–Kier alpha value is -6.16. The Morgan fingerprint density at radius 3 is 2.18 bits per heavy atom. The molecule has 1 aliphatic heterocycles. The molecule has 8 rings (SSSR count). The van der Waals surface area contributed by atoms with Crippen LogP contribution in [-0.2, 0) is 24.6 Å². The third-order valence-electron chi connectivity index (χ3n) is 11.2. The van der Waals surface area contributed by atoms with Gasteiger partial charge in [0.15, 0.2) is 23.1 Å². The van der Waals surface area contributed by atoms with Gasteiger partial charge in [0.05, 0.1) is 22.9 Å². The number of aromatic carboxylic acids is 1. The Labute approximate surface area is 291 Å². The van der Waals surface area contributed by atoms with Gasteiger partial charge in [0, 0.05) is 23.5 Å². The summed E-state index contributed by atoms with van der Waals surface area (Å²) in [5.41, 5.74) is 0.316. The van der Waals surface area contributed by atoms with Crippen LogP contribution in [-0.4, -0.2) is 44.7 Å². The molecular weight excluding hydrogens is 653 g/mol. The molecule has 254 valence electrons. The Morgan fingerprint density at radius 1 is 0.804 bits per heavy atom. The van der Waals surface area contributed by atoms with Crippen LogP contribution in [0.3, 0.4) is 0 Å². The molecule has 0 radical (unpaired) electrons. The van der Waals surface area contributed by atoms with E-state index in [2.05, 4.69) is 0 Å². The molecule has 3 N–H and O–H groups in total. The summed E-state index contributed by atoms with van der Waals surface area (Å²) >= 11 is 0. The number of amides is 2. The number of carbonyl (C=O) groups excluding carboxylic acids is 4. The summed E-state index contributed by atoms with van der Waals surface area (Å²) < 4.78 is 15.2. The van der Waals surface area contributed by atoms with Crippen molar-refractivity contribution in [2.24, 2.45) is 23.7 Å². The molecule has 1 saturated heterocycles. The number of carboxylic acid groups (broad SMARTS) is 1. The molecule has 0 bridgehead atoms. The van der Waals surface area contributed by atoms with Crippen LogP contribution < -0.4 is 4.90 Å². The van der Waals surface area contributed by atoms with Crippen LogP contribution in [0.2, 0.25) is 0 Å². The van der Waals surface area contributed by atoms with Crippen molar-refractivity contribution in [3.8, 4) is 11.5 Å². The van der Waals surface area contributed by atoms with E-state index in [-0.39, 0.29) is 35.7 Å². The number of phenolic OH excluding ortho intramolecular Hbond substituents is 1. The minimum Gasteiger partial charge on any atom is -0.507 e. The number of carboxylic acids is 1.